The van der Waals surface area contributed by atoms with E-state index in [0.717, 1.165) is 0 Å². The summed E-state index contributed by atoms with van der Waals surface area (Å²) in [5.41, 5.74) is 0. The summed E-state index contributed by atoms with van der Waals surface area (Å²) in [7, 11) is 1.51. The first-order valence-electron chi connectivity index (χ1n) is 3.15. The molecule has 1 rings (SSSR count). The number of carboxylic acids is 1. The average Bonchev–Trinajstić information content (AvgIpc) is 2.34. The van der Waals surface area contributed by atoms with Gasteiger partial charge in [-0.2, -0.15) is 0 Å². The van der Waals surface area contributed by atoms with Crippen LogP contribution in [0.15, 0.2) is 0 Å². The van der Waals surface area contributed by atoms with Gasteiger partial charge < -0.3 is 14.6 Å². The smallest absolute Gasteiger partial charge is 0.332 e. The maximum atomic E-state index is 10.3. The highest BCUT2D eigenvalue weighted by Crippen LogP contribution is 2.19. The lowest BCUT2D eigenvalue weighted by molar-refractivity contribution is -0.163. The first-order valence-corrected chi connectivity index (χ1v) is 3.15. The summed E-state index contributed by atoms with van der Waals surface area (Å²) in [6.45, 7) is 0. The highest BCUT2D eigenvalue weighted by Gasteiger charge is 2.29. The summed E-state index contributed by atoms with van der Waals surface area (Å²) in [5, 5.41) is 8.45. The molecule has 0 amide bonds. The summed E-state index contributed by atoms with van der Waals surface area (Å²) < 4.78 is 9.76. The van der Waals surface area contributed by atoms with Crippen molar-refractivity contribution in [1.82, 2.24) is 0 Å². The minimum Gasteiger partial charge on any atom is -0.479 e. The third-order valence-electron chi connectivity index (χ3n) is 1.52. The van der Waals surface area contributed by atoms with E-state index in [0.29, 0.717) is 12.8 Å². The molecule has 0 aromatic rings. The van der Waals surface area contributed by atoms with Crippen LogP contribution in [0.1, 0.15) is 12.8 Å². The molecule has 58 valence electrons. The van der Waals surface area contributed by atoms with Crippen LogP contribution in [0.2, 0.25) is 0 Å². The fraction of sp³-hybridized carbons (Fsp3) is 0.833. The molecule has 1 saturated heterocycles. The second-order valence-corrected chi connectivity index (χ2v) is 2.21. The molecule has 0 radical (unpaired) electrons. The van der Waals surface area contributed by atoms with E-state index in [1.165, 1.54) is 7.11 Å². The van der Waals surface area contributed by atoms with E-state index in [2.05, 4.69) is 0 Å². The number of ether oxygens (including phenoxy) is 2. The molecule has 4 nitrogen and oxygen atoms in total. The highest BCUT2D eigenvalue weighted by atomic mass is 16.7. The molecular weight excluding hydrogens is 136 g/mol. The van der Waals surface area contributed by atoms with Crippen molar-refractivity contribution in [2.24, 2.45) is 0 Å². The lowest BCUT2D eigenvalue weighted by Crippen LogP contribution is -2.20. The third kappa shape index (κ3) is 1.46. The molecule has 1 N–H and O–H groups in total. The van der Waals surface area contributed by atoms with E-state index in [1.54, 1.807) is 0 Å². The molecule has 4 heteroatoms. The second kappa shape index (κ2) is 2.98. The molecule has 1 aliphatic heterocycles. The topological polar surface area (TPSA) is 55.8 Å². The number of carboxylic acid groups (broad SMARTS) is 1. The quantitative estimate of drug-likeness (QED) is 0.605. The van der Waals surface area contributed by atoms with Gasteiger partial charge in [-0.1, -0.05) is 0 Å². The molecule has 10 heavy (non-hydrogen) atoms. The Morgan fingerprint density at radius 1 is 1.70 bits per heavy atom. The summed E-state index contributed by atoms with van der Waals surface area (Å²) in [4.78, 5) is 10.3. The number of hydrogen-bond donors (Lipinski definition) is 1. The van der Waals surface area contributed by atoms with Crippen molar-refractivity contribution < 1.29 is 19.4 Å². The van der Waals surface area contributed by atoms with E-state index in [-0.39, 0.29) is 6.29 Å². The fourth-order valence-electron chi connectivity index (χ4n) is 0.962. The number of aliphatic carboxylic acids is 1. The second-order valence-electron chi connectivity index (χ2n) is 2.21. The summed E-state index contributed by atoms with van der Waals surface area (Å²) in [6, 6.07) is 0. The van der Waals surface area contributed by atoms with Crippen LogP contribution in [0.5, 0.6) is 0 Å². The third-order valence-corrected chi connectivity index (χ3v) is 1.52. The number of methoxy groups -OCH3 is 1. The van der Waals surface area contributed by atoms with E-state index < -0.39 is 12.1 Å². The Morgan fingerprint density at radius 2 is 2.40 bits per heavy atom. The van der Waals surface area contributed by atoms with Gasteiger partial charge in [0.1, 0.15) is 0 Å². The fourth-order valence-corrected chi connectivity index (χ4v) is 0.962. The zero-order valence-corrected chi connectivity index (χ0v) is 5.74. The number of carbonyl (C=O) groups is 1. The largest absolute Gasteiger partial charge is 0.479 e. The van der Waals surface area contributed by atoms with E-state index in [1.807, 2.05) is 0 Å². The van der Waals surface area contributed by atoms with Gasteiger partial charge in [0.25, 0.3) is 0 Å². The van der Waals surface area contributed by atoms with Gasteiger partial charge in [-0.05, 0) is 6.42 Å². The van der Waals surface area contributed by atoms with E-state index >= 15 is 0 Å². The Morgan fingerprint density at radius 3 is 2.70 bits per heavy atom. The van der Waals surface area contributed by atoms with Crippen LogP contribution in [-0.2, 0) is 14.3 Å². The van der Waals surface area contributed by atoms with Gasteiger partial charge in [-0.3, -0.25) is 0 Å². The van der Waals surface area contributed by atoms with Gasteiger partial charge in [-0.15, -0.1) is 0 Å². The van der Waals surface area contributed by atoms with Crippen LogP contribution in [0, 0.1) is 0 Å². The minimum atomic E-state index is -0.903. The van der Waals surface area contributed by atoms with Crippen molar-refractivity contribution >= 4 is 5.97 Å². The number of hydrogen-bond acceptors (Lipinski definition) is 3. The summed E-state index contributed by atoms with van der Waals surface area (Å²) in [6.07, 6.45) is 0.243. The Balaban J connectivity index is 2.35. The van der Waals surface area contributed by atoms with Crippen LogP contribution in [0.4, 0.5) is 0 Å². The zero-order chi connectivity index (χ0) is 7.56. The first kappa shape index (κ1) is 7.50. The molecule has 0 aliphatic carbocycles. The molecule has 0 saturated carbocycles. The standard InChI is InChI=1S/C6H10O4/c1-9-5-3-2-4(10-5)6(7)8/h4-5H,2-3H2,1H3,(H,7,8)/t4-,5?/m0/s1. The van der Waals surface area contributed by atoms with Crippen LogP contribution < -0.4 is 0 Å². The van der Waals surface area contributed by atoms with Crippen molar-refractivity contribution in [3.63, 3.8) is 0 Å². The minimum absolute atomic E-state index is 0.318. The van der Waals surface area contributed by atoms with Crippen LogP contribution >= 0.6 is 0 Å². The molecule has 1 heterocycles. The SMILES string of the molecule is COC1CC[C@@H](C(=O)O)O1. The average molecular weight is 146 g/mol. The Bertz CT molecular complexity index is 134. The maximum absolute atomic E-state index is 10.3. The van der Waals surface area contributed by atoms with Gasteiger partial charge in [0.15, 0.2) is 12.4 Å². The van der Waals surface area contributed by atoms with Crippen LogP contribution in [0.3, 0.4) is 0 Å². The predicted molar refractivity (Wildman–Crippen MR) is 32.5 cm³/mol. The van der Waals surface area contributed by atoms with Gasteiger partial charge >= 0.3 is 5.97 Å². The van der Waals surface area contributed by atoms with Gasteiger partial charge in [0, 0.05) is 13.5 Å². The summed E-state index contributed by atoms with van der Waals surface area (Å²) >= 11 is 0. The normalized spacial score (nSPS) is 32.5. The van der Waals surface area contributed by atoms with E-state index in [4.69, 9.17) is 14.6 Å². The van der Waals surface area contributed by atoms with Crippen LogP contribution in [0.25, 0.3) is 0 Å². The van der Waals surface area contributed by atoms with Crippen molar-refractivity contribution in [2.75, 3.05) is 7.11 Å². The van der Waals surface area contributed by atoms with E-state index in [9.17, 15) is 4.79 Å². The molecular formula is C6H10O4. The maximum Gasteiger partial charge on any atom is 0.332 e. The molecule has 2 atom stereocenters. The Labute approximate surface area is 58.7 Å². The van der Waals surface area contributed by atoms with Crippen molar-refractivity contribution in [1.29, 1.82) is 0 Å². The van der Waals surface area contributed by atoms with Gasteiger partial charge in [-0.25, -0.2) is 4.79 Å². The summed E-state index contributed by atoms with van der Waals surface area (Å²) in [5.74, 6) is -0.903. The Kier molecular flexibility index (Phi) is 2.24. The molecule has 1 aliphatic rings. The zero-order valence-electron chi connectivity index (χ0n) is 5.74. The molecule has 1 fully saturated rings. The highest BCUT2D eigenvalue weighted by molar-refractivity contribution is 5.72. The van der Waals surface area contributed by atoms with Crippen molar-refractivity contribution in [3.05, 3.63) is 0 Å². The number of rotatable bonds is 2. The van der Waals surface area contributed by atoms with Gasteiger partial charge in [0.2, 0.25) is 0 Å². The molecule has 0 bridgehead atoms. The Hall–Kier alpha value is -0.610. The monoisotopic (exact) mass is 146 g/mol. The van der Waals surface area contributed by atoms with Crippen LogP contribution in [-0.4, -0.2) is 30.6 Å². The molecule has 0 spiro atoms. The van der Waals surface area contributed by atoms with Crippen molar-refractivity contribution in [3.8, 4) is 0 Å². The van der Waals surface area contributed by atoms with Crippen molar-refractivity contribution in [2.45, 2.75) is 25.2 Å². The lowest BCUT2D eigenvalue weighted by Gasteiger charge is -2.07. The van der Waals surface area contributed by atoms with Gasteiger partial charge in [0.05, 0.1) is 0 Å². The first-order chi connectivity index (χ1) is 4.74. The molecule has 0 aromatic carbocycles. The molecule has 1 unspecified atom stereocenters. The molecule has 0 aromatic heterocycles. The predicted octanol–water partition coefficient (Wildman–Crippen LogP) is 0.222. The lowest BCUT2D eigenvalue weighted by atomic mass is 10.2.